The van der Waals surface area contributed by atoms with Crippen molar-refractivity contribution in [2.75, 3.05) is 36.3 Å². The molecule has 2 aliphatic rings. The van der Waals surface area contributed by atoms with Gasteiger partial charge in [0.15, 0.2) is 22.8 Å². The quantitative estimate of drug-likeness (QED) is 0.474. The van der Waals surface area contributed by atoms with Gasteiger partial charge in [-0.2, -0.15) is 0 Å². The normalized spacial score (nSPS) is 30.0. The number of pyridine rings is 2. The van der Waals surface area contributed by atoms with Gasteiger partial charge in [-0.3, -0.25) is 9.59 Å². The number of aromatic amines is 1. The molecule has 4 aromatic rings. The molecule has 2 N–H and O–H groups in total. The van der Waals surface area contributed by atoms with E-state index in [1.54, 1.807) is 0 Å². The minimum atomic E-state index is -3.22. The van der Waals surface area contributed by atoms with Crippen molar-refractivity contribution < 1.29 is 20.5 Å². The summed E-state index contributed by atoms with van der Waals surface area (Å²) in [6.07, 6.45) is 3.31. The van der Waals surface area contributed by atoms with E-state index in [0.717, 1.165) is 6.42 Å². The van der Waals surface area contributed by atoms with E-state index in [2.05, 4.69) is 35.3 Å². The zero-order chi connectivity index (χ0) is 29.7. The molecule has 2 fully saturated rings. The topological polar surface area (TPSA) is 130 Å². The molecule has 11 heteroatoms. The van der Waals surface area contributed by atoms with E-state index in [4.69, 9.17) is 11.0 Å². The molecular formula is C22H22N8O3. The van der Waals surface area contributed by atoms with Crippen LogP contribution in [0.5, 0.6) is 0 Å². The summed E-state index contributed by atoms with van der Waals surface area (Å²) in [5, 5.41) is 15.3. The zero-order valence-corrected chi connectivity index (χ0v) is 17.2. The minimum absolute atomic E-state index is 0.0287. The highest BCUT2D eigenvalue weighted by atomic mass is 16.5. The van der Waals surface area contributed by atoms with Crippen molar-refractivity contribution in [3.05, 3.63) is 40.9 Å². The summed E-state index contributed by atoms with van der Waals surface area (Å²) in [6, 6.07) is 4.11. The van der Waals surface area contributed by atoms with Crippen molar-refractivity contribution in [3.8, 4) is 11.4 Å². The molecule has 2 atom stereocenters. The van der Waals surface area contributed by atoms with Gasteiger partial charge in [0.2, 0.25) is 5.91 Å². The zero-order valence-electron chi connectivity index (χ0n) is 25.2. The fraction of sp³-hybridized carbons (Fsp3) is 0.364. The molecule has 0 unspecified atom stereocenters. The Hall–Kier alpha value is -3.86. The van der Waals surface area contributed by atoms with Crippen molar-refractivity contribution in [3.63, 3.8) is 0 Å². The van der Waals surface area contributed by atoms with Crippen LogP contribution in [-0.2, 0) is 9.53 Å². The molecule has 4 aromatic heterocycles. The van der Waals surface area contributed by atoms with Gasteiger partial charge >= 0.3 is 0 Å². The summed E-state index contributed by atoms with van der Waals surface area (Å²) < 4.78 is 70.6. The minimum Gasteiger partial charge on any atom is -0.378 e. The summed E-state index contributed by atoms with van der Waals surface area (Å²) in [4.78, 5) is 32.2. The maximum Gasteiger partial charge on any atom is 0.276 e. The van der Waals surface area contributed by atoms with Crippen molar-refractivity contribution in [2.45, 2.75) is 13.3 Å². The number of carbonyl (C=O) groups excluding carboxylic acids is 1. The summed E-state index contributed by atoms with van der Waals surface area (Å²) >= 11 is 0. The van der Waals surface area contributed by atoms with Crippen LogP contribution >= 0.6 is 0 Å². The molecule has 0 radical (unpaired) electrons. The molecule has 1 amide bonds. The van der Waals surface area contributed by atoms with Crippen LogP contribution in [0.4, 0.5) is 11.5 Å². The molecule has 1 saturated carbocycles. The number of H-pyrrole nitrogens is 1. The number of ether oxygens (including phenoxy) is 1. The molecule has 1 saturated heterocycles. The Kier molecular flexibility index (Phi) is 3.00. The molecule has 11 nitrogen and oxygen atoms in total. The molecular weight excluding hydrogens is 424 g/mol. The van der Waals surface area contributed by atoms with Gasteiger partial charge in [-0.15, -0.1) is 15.3 Å². The third kappa shape index (κ3) is 3.59. The van der Waals surface area contributed by atoms with Crippen molar-refractivity contribution in [1.82, 2.24) is 29.8 Å². The fourth-order valence-corrected chi connectivity index (χ4v) is 3.64. The van der Waals surface area contributed by atoms with E-state index in [1.807, 2.05) is 6.92 Å². The van der Waals surface area contributed by atoms with Crippen LogP contribution in [0.15, 0.2) is 35.4 Å². The average molecular weight is 455 g/mol. The number of hydrogen-bond donors (Lipinski definition) is 2. The monoisotopic (exact) mass is 454 g/mol. The number of aromatic nitrogens is 6. The standard InChI is InChI=1S/C22H22N8O3/c1-12-8-14(12)21(31)24-17-9-15-16(10-23-22(32)19(15)27-26-17)20-25-18-3-2-13(11-30(18)28-20)29-4-6-33-7-5-29/h2-3,9-12,14H,4-8H2,1H3,(H,23,32)(H,24,26,31)/t12-,14+/m1/s1/i4D2,5D2,6D2,7D2. The lowest BCUT2D eigenvalue weighted by Gasteiger charge is -2.28. The van der Waals surface area contributed by atoms with Crippen LogP contribution in [0.3, 0.4) is 0 Å². The van der Waals surface area contributed by atoms with Crippen LogP contribution in [0.25, 0.3) is 27.9 Å². The van der Waals surface area contributed by atoms with Gasteiger partial charge in [-0.25, -0.2) is 9.50 Å². The lowest BCUT2D eigenvalue weighted by atomic mass is 10.1. The number of fused-ring (bicyclic) bond motifs is 2. The first-order valence-corrected chi connectivity index (χ1v) is 10.1. The van der Waals surface area contributed by atoms with E-state index in [9.17, 15) is 9.59 Å². The smallest absolute Gasteiger partial charge is 0.276 e. The predicted octanol–water partition coefficient (Wildman–Crippen LogP) is 1.46. The number of nitrogens with one attached hydrogen (secondary N) is 2. The molecule has 0 spiro atoms. The number of carbonyl (C=O) groups is 1. The maximum atomic E-state index is 12.4. The number of hydrogen-bond acceptors (Lipinski definition) is 8. The number of amides is 1. The maximum absolute atomic E-state index is 12.4. The predicted molar refractivity (Wildman–Crippen MR) is 121 cm³/mol. The van der Waals surface area contributed by atoms with Crippen LogP contribution in [0.2, 0.25) is 0 Å². The number of morpholine rings is 1. The Morgan fingerprint density at radius 1 is 1.30 bits per heavy atom. The van der Waals surface area contributed by atoms with E-state index in [-0.39, 0.29) is 46.2 Å². The SMILES string of the molecule is [2H]C1([2H])OC([2H])([2H])C([2H])([2H])N(c2ccc3nc(-c4c[nH]c(=O)c5nnc(NC(=O)[C@H]6C[C@H]6C)cc45)nn3c2)C1([2H])[2H]. The van der Waals surface area contributed by atoms with Crippen LogP contribution in [-0.4, -0.2) is 61.8 Å². The van der Waals surface area contributed by atoms with Gasteiger partial charge in [-0.1, -0.05) is 6.92 Å². The molecule has 0 bridgehead atoms. The highest BCUT2D eigenvalue weighted by Gasteiger charge is 2.39. The molecule has 168 valence electrons. The second-order valence-electron chi connectivity index (χ2n) is 7.82. The second-order valence-corrected chi connectivity index (χ2v) is 7.82. The Balaban J connectivity index is 1.43. The van der Waals surface area contributed by atoms with Gasteiger partial charge in [-0.05, 0) is 30.5 Å². The van der Waals surface area contributed by atoms with Crippen LogP contribution in [0.1, 0.15) is 24.3 Å². The first-order chi connectivity index (χ1) is 19.0. The second kappa shape index (κ2) is 7.62. The Morgan fingerprint density at radius 2 is 2.12 bits per heavy atom. The van der Waals surface area contributed by atoms with Gasteiger partial charge in [0, 0.05) is 36.1 Å². The lowest BCUT2D eigenvalue weighted by Crippen LogP contribution is -2.36. The number of nitrogens with zero attached hydrogens (tertiary/aromatic N) is 6. The fourth-order valence-electron chi connectivity index (χ4n) is 3.64. The van der Waals surface area contributed by atoms with E-state index in [0.29, 0.717) is 15.8 Å². The third-order valence-corrected chi connectivity index (χ3v) is 5.58. The highest BCUT2D eigenvalue weighted by Crippen LogP contribution is 2.38. The Labute approximate surface area is 199 Å². The first kappa shape index (κ1) is 13.0. The molecule has 33 heavy (non-hydrogen) atoms. The Morgan fingerprint density at radius 3 is 2.91 bits per heavy atom. The first-order valence-electron chi connectivity index (χ1n) is 14.1. The summed E-state index contributed by atoms with van der Waals surface area (Å²) in [6.45, 7) is -10.7. The third-order valence-electron chi connectivity index (χ3n) is 5.58. The average Bonchev–Trinajstić information content (AvgIpc) is 3.45. The summed E-state index contributed by atoms with van der Waals surface area (Å²) in [5.41, 5.74) is -0.256. The number of anilines is 2. The largest absolute Gasteiger partial charge is 0.378 e. The highest BCUT2D eigenvalue weighted by molar-refractivity contribution is 5.97. The van der Waals surface area contributed by atoms with Gasteiger partial charge in [0.1, 0.15) is 0 Å². The molecule has 5 heterocycles. The molecule has 0 aromatic carbocycles. The van der Waals surface area contributed by atoms with Crippen molar-refractivity contribution in [2.24, 2.45) is 11.8 Å². The van der Waals surface area contributed by atoms with E-state index >= 15 is 0 Å². The summed E-state index contributed by atoms with van der Waals surface area (Å²) in [5.74, 6) is 0.180. The van der Waals surface area contributed by atoms with Crippen LogP contribution < -0.4 is 15.8 Å². The van der Waals surface area contributed by atoms with Crippen molar-refractivity contribution >= 4 is 34.0 Å². The van der Waals surface area contributed by atoms with Gasteiger partial charge in [0.05, 0.1) is 36.0 Å². The summed E-state index contributed by atoms with van der Waals surface area (Å²) in [7, 11) is 0. The Bertz CT molecular complexity index is 1770. The van der Waals surface area contributed by atoms with Gasteiger partial charge < -0.3 is 19.9 Å². The van der Waals surface area contributed by atoms with Crippen molar-refractivity contribution in [1.29, 1.82) is 0 Å². The van der Waals surface area contributed by atoms with Gasteiger partial charge in [0.25, 0.3) is 5.56 Å². The van der Waals surface area contributed by atoms with Crippen LogP contribution in [0, 0.1) is 11.8 Å². The van der Waals surface area contributed by atoms with E-state index in [1.165, 1.54) is 35.1 Å². The molecule has 1 aliphatic carbocycles. The molecule has 6 rings (SSSR count). The molecule has 1 aliphatic heterocycles. The lowest BCUT2D eigenvalue weighted by molar-refractivity contribution is -0.117. The van der Waals surface area contributed by atoms with E-state index < -0.39 is 31.7 Å². The number of rotatable bonds is 4.